The van der Waals surface area contributed by atoms with Gasteiger partial charge in [-0.15, -0.1) is 16.9 Å². The molecule has 0 atom stereocenters. The molecule has 4 heterocycles. The number of hydrogen-bond acceptors (Lipinski definition) is 6. The number of anilines is 1. The second kappa shape index (κ2) is 7.01. The van der Waals surface area contributed by atoms with E-state index in [9.17, 15) is 4.79 Å². The fourth-order valence-corrected chi connectivity index (χ4v) is 4.75. The molecule has 8 heteroatoms. The van der Waals surface area contributed by atoms with Gasteiger partial charge in [-0.2, -0.15) is 9.50 Å². The Labute approximate surface area is 161 Å². The first-order chi connectivity index (χ1) is 13.3. The molecule has 0 amide bonds. The summed E-state index contributed by atoms with van der Waals surface area (Å²) in [7, 11) is 0. The predicted octanol–water partition coefficient (Wildman–Crippen LogP) is 1.81. The van der Waals surface area contributed by atoms with Crippen molar-refractivity contribution in [1.29, 1.82) is 0 Å². The van der Waals surface area contributed by atoms with Gasteiger partial charge in [-0.1, -0.05) is 30.3 Å². The van der Waals surface area contributed by atoms with Crippen molar-refractivity contribution in [1.82, 2.24) is 19.2 Å². The zero-order valence-electron chi connectivity index (χ0n) is 15.0. The van der Waals surface area contributed by atoms with Crippen LogP contribution in [0, 0.1) is 0 Å². The van der Waals surface area contributed by atoms with Crippen molar-refractivity contribution in [2.45, 2.75) is 24.3 Å². The summed E-state index contributed by atoms with van der Waals surface area (Å²) >= 11 is 1.64. The van der Waals surface area contributed by atoms with Crippen molar-refractivity contribution < 1.29 is 4.74 Å². The summed E-state index contributed by atoms with van der Waals surface area (Å²) in [6, 6.07) is 10.0. The molecule has 1 fully saturated rings. The maximum absolute atomic E-state index is 13.2. The second-order valence-electron chi connectivity index (χ2n) is 6.83. The van der Waals surface area contributed by atoms with E-state index < -0.39 is 0 Å². The van der Waals surface area contributed by atoms with Crippen LogP contribution >= 0.6 is 11.8 Å². The van der Waals surface area contributed by atoms with Crippen molar-refractivity contribution in [3.63, 3.8) is 0 Å². The van der Waals surface area contributed by atoms with Gasteiger partial charge in [0.1, 0.15) is 0 Å². The summed E-state index contributed by atoms with van der Waals surface area (Å²) in [4.78, 5) is 21.0. The maximum atomic E-state index is 13.2. The van der Waals surface area contributed by atoms with E-state index in [2.05, 4.69) is 4.90 Å². The van der Waals surface area contributed by atoms with Gasteiger partial charge in [0.2, 0.25) is 11.7 Å². The Kier molecular flexibility index (Phi) is 4.37. The van der Waals surface area contributed by atoms with Crippen LogP contribution in [0.4, 0.5) is 5.95 Å². The Balaban J connectivity index is 1.68. The average molecular weight is 383 g/mol. The number of rotatable bonds is 3. The van der Waals surface area contributed by atoms with E-state index in [1.165, 1.54) is 0 Å². The van der Waals surface area contributed by atoms with Gasteiger partial charge in [-0.25, -0.2) is 0 Å². The topological polar surface area (TPSA) is 64.7 Å². The lowest BCUT2D eigenvalue weighted by Crippen LogP contribution is -2.36. The van der Waals surface area contributed by atoms with E-state index in [1.807, 2.05) is 34.8 Å². The van der Waals surface area contributed by atoms with Gasteiger partial charge in [0.15, 0.2) is 0 Å². The SMILES string of the molecule is O=c1c2c(n3nc(N4CCOCC4)nc3n1Cc1ccccc1)CCCS2. The van der Waals surface area contributed by atoms with Crippen LogP contribution < -0.4 is 10.5 Å². The van der Waals surface area contributed by atoms with Crippen molar-refractivity contribution in [3.8, 4) is 0 Å². The number of fused-ring (bicyclic) bond motifs is 3. The van der Waals surface area contributed by atoms with E-state index in [-0.39, 0.29) is 5.56 Å². The Bertz CT molecular complexity index is 1020. The third-order valence-corrected chi connectivity index (χ3v) is 6.25. The number of nitrogens with zero attached hydrogens (tertiary/aromatic N) is 5. The molecule has 5 rings (SSSR count). The van der Waals surface area contributed by atoms with Crippen LogP contribution in [-0.4, -0.2) is 51.2 Å². The molecule has 2 aliphatic heterocycles. The van der Waals surface area contributed by atoms with Gasteiger partial charge >= 0.3 is 0 Å². The number of ether oxygens (including phenoxy) is 1. The fourth-order valence-electron chi connectivity index (χ4n) is 3.67. The fraction of sp³-hybridized carbons (Fsp3) is 0.421. The van der Waals surface area contributed by atoms with Gasteiger partial charge in [0.25, 0.3) is 5.56 Å². The van der Waals surface area contributed by atoms with Crippen molar-refractivity contribution in [2.24, 2.45) is 0 Å². The maximum Gasteiger partial charge on any atom is 0.269 e. The number of benzene rings is 1. The Morgan fingerprint density at radius 2 is 1.96 bits per heavy atom. The summed E-state index contributed by atoms with van der Waals surface area (Å²) in [5.74, 6) is 2.29. The van der Waals surface area contributed by atoms with Crippen molar-refractivity contribution >= 4 is 23.5 Å². The highest BCUT2D eigenvalue weighted by atomic mass is 32.2. The van der Waals surface area contributed by atoms with E-state index in [0.717, 1.165) is 47.8 Å². The van der Waals surface area contributed by atoms with Crippen LogP contribution in [-0.2, 0) is 17.7 Å². The first kappa shape index (κ1) is 16.8. The van der Waals surface area contributed by atoms with E-state index in [0.29, 0.717) is 31.5 Å². The number of morpholine rings is 1. The summed E-state index contributed by atoms with van der Waals surface area (Å²) in [6.07, 6.45) is 1.92. The molecular formula is C19H21N5O2S. The van der Waals surface area contributed by atoms with Crippen molar-refractivity contribution in [2.75, 3.05) is 37.0 Å². The second-order valence-corrected chi connectivity index (χ2v) is 7.93. The molecule has 2 aliphatic rings. The molecule has 0 N–H and O–H groups in total. The first-order valence-electron chi connectivity index (χ1n) is 9.33. The molecule has 3 aromatic rings. The largest absolute Gasteiger partial charge is 0.378 e. The molecule has 0 saturated carbocycles. The van der Waals surface area contributed by atoms with Crippen LogP contribution in [0.25, 0.3) is 5.78 Å². The Morgan fingerprint density at radius 3 is 2.78 bits per heavy atom. The normalized spacial score (nSPS) is 17.3. The van der Waals surface area contributed by atoms with Gasteiger partial charge in [-0.05, 0) is 24.2 Å². The highest BCUT2D eigenvalue weighted by molar-refractivity contribution is 7.99. The minimum absolute atomic E-state index is 0.0481. The number of aromatic nitrogens is 4. The molecule has 1 saturated heterocycles. The summed E-state index contributed by atoms with van der Waals surface area (Å²) in [6.45, 7) is 3.41. The lowest BCUT2D eigenvalue weighted by molar-refractivity contribution is 0.122. The molecular weight excluding hydrogens is 362 g/mol. The van der Waals surface area contributed by atoms with Crippen LogP contribution in [0.5, 0.6) is 0 Å². The molecule has 0 spiro atoms. The highest BCUT2D eigenvalue weighted by Crippen LogP contribution is 2.28. The van der Waals surface area contributed by atoms with E-state index in [1.54, 1.807) is 16.3 Å². The molecule has 1 aromatic carbocycles. The number of hydrogen-bond donors (Lipinski definition) is 0. The predicted molar refractivity (Wildman–Crippen MR) is 105 cm³/mol. The van der Waals surface area contributed by atoms with E-state index in [4.69, 9.17) is 14.8 Å². The molecule has 0 aliphatic carbocycles. The molecule has 0 unspecified atom stereocenters. The van der Waals surface area contributed by atoms with Crippen LogP contribution in [0.2, 0.25) is 0 Å². The van der Waals surface area contributed by atoms with Crippen LogP contribution in [0.1, 0.15) is 17.7 Å². The van der Waals surface area contributed by atoms with Gasteiger partial charge < -0.3 is 9.64 Å². The quantitative estimate of drug-likeness (QED) is 0.687. The van der Waals surface area contributed by atoms with Gasteiger partial charge in [0, 0.05) is 13.1 Å². The lowest BCUT2D eigenvalue weighted by atomic mass is 10.2. The van der Waals surface area contributed by atoms with Crippen LogP contribution in [0.15, 0.2) is 40.0 Å². The zero-order valence-corrected chi connectivity index (χ0v) is 15.8. The smallest absolute Gasteiger partial charge is 0.269 e. The third kappa shape index (κ3) is 3.02. The number of aryl methyl sites for hydroxylation is 1. The highest BCUT2D eigenvalue weighted by Gasteiger charge is 2.25. The first-order valence-corrected chi connectivity index (χ1v) is 10.3. The summed E-state index contributed by atoms with van der Waals surface area (Å²) in [5, 5.41) is 4.80. The molecule has 27 heavy (non-hydrogen) atoms. The van der Waals surface area contributed by atoms with Crippen LogP contribution in [0.3, 0.4) is 0 Å². The Morgan fingerprint density at radius 1 is 1.15 bits per heavy atom. The lowest BCUT2D eigenvalue weighted by Gasteiger charge is -2.25. The zero-order chi connectivity index (χ0) is 18.2. The molecule has 7 nitrogen and oxygen atoms in total. The van der Waals surface area contributed by atoms with Gasteiger partial charge in [0.05, 0.1) is 30.3 Å². The molecule has 140 valence electrons. The molecule has 0 radical (unpaired) electrons. The summed E-state index contributed by atoms with van der Waals surface area (Å²) < 4.78 is 9.11. The third-order valence-electron chi connectivity index (χ3n) is 5.06. The van der Waals surface area contributed by atoms with Crippen molar-refractivity contribution in [3.05, 3.63) is 51.9 Å². The number of thioether (sulfide) groups is 1. The average Bonchev–Trinajstić information content (AvgIpc) is 3.18. The van der Waals surface area contributed by atoms with Gasteiger partial charge in [-0.3, -0.25) is 9.36 Å². The Hall–Kier alpha value is -2.32. The minimum atomic E-state index is 0.0481. The molecule has 2 aromatic heterocycles. The standard InChI is InChI=1S/C19H21N5O2S/c25-17-16-15(7-4-12-27-16)24-19(23(17)13-14-5-2-1-3-6-14)20-18(21-24)22-8-10-26-11-9-22/h1-3,5-6H,4,7-13H2. The monoisotopic (exact) mass is 383 g/mol. The summed E-state index contributed by atoms with van der Waals surface area (Å²) in [5.41, 5.74) is 2.13. The molecule has 0 bridgehead atoms. The van der Waals surface area contributed by atoms with E-state index >= 15 is 0 Å². The minimum Gasteiger partial charge on any atom is -0.378 e.